The molecule has 1 heterocycles. The smallest absolute Gasteiger partial charge is 0.228 e. The van der Waals surface area contributed by atoms with E-state index in [1.165, 1.54) is 0 Å². The highest BCUT2D eigenvalue weighted by atomic mass is 19.4. The van der Waals surface area contributed by atoms with E-state index in [1.807, 2.05) is 0 Å². The van der Waals surface area contributed by atoms with E-state index in [2.05, 4.69) is 25.9 Å². The zero-order valence-corrected chi connectivity index (χ0v) is 13.4. The van der Waals surface area contributed by atoms with E-state index < -0.39 is 11.9 Å². The first-order valence-corrected chi connectivity index (χ1v) is 7.94. The van der Waals surface area contributed by atoms with Crippen LogP contribution in [0.25, 0.3) is 5.69 Å². The lowest BCUT2D eigenvalue weighted by Gasteiger charge is -2.34. The summed E-state index contributed by atoms with van der Waals surface area (Å²) in [6, 6.07) is 8.62. The van der Waals surface area contributed by atoms with Crippen molar-refractivity contribution in [2.24, 2.45) is 5.41 Å². The second kappa shape index (κ2) is 4.19. The molecule has 0 unspecified atom stereocenters. The van der Waals surface area contributed by atoms with Gasteiger partial charge in [0.05, 0.1) is 11.4 Å². The van der Waals surface area contributed by atoms with E-state index in [9.17, 15) is 13.2 Å². The summed E-state index contributed by atoms with van der Waals surface area (Å²) in [5.74, 6) is -0.0726. The van der Waals surface area contributed by atoms with Gasteiger partial charge in [-0.2, -0.15) is 18.3 Å². The van der Waals surface area contributed by atoms with Gasteiger partial charge in [-0.1, -0.05) is 39.0 Å². The largest absolute Gasteiger partial charge is 0.433 e. The maximum absolute atomic E-state index is 13.9. The summed E-state index contributed by atoms with van der Waals surface area (Å²) in [5, 5.41) is 4.47. The predicted octanol–water partition coefficient (Wildman–Crippen LogP) is 5.07. The lowest BCUT2D eigenvalue weighted by molar-refractivity contribution is -0.143. The van der Waals surface area contributed by atoms with E-state index in [-0.39, 0.29) is 16.7 Å². The van der Waals surface area contributed by atoms with Gasteiger partial charge in [0.2, 0.25) is 0 Å². The van der Waals surface area contributed by atoms with Crippen LogP contribution in [0.1, 0.15) is 56.5 Å². The maximum Gasteiger partial charge on any atom is 0.433 e. The summed E-state index contributed by atoms with van der Waals surface area (Å²) in [5.41, 5.74) is 0.498. The van der Waals surface area contributed by atoms with Gasteiger partial charge in [-0.25, -0.2) is 4.68 Å². The molecule has 0 N–H and O–H groups in total. The molecule has 0 amide bonds. The molecule has 0 spiro atoms. The van der Waals surface area contributed by atoms with E-state index in [4.69, 9.17) is 0 Å². The summed E-state index contributed by atoms with van der Waals surface area (Å²) in [6.45, 7) is 6.24. The van der Waals surface area contributed by atoms with Gasteiger partial charge >= 0.3 is 6.18 Å². The lowest BCUT2D eigenvalue weighted by atomic mass is 9.70. The Morgan fingerprint density at radius 3 is 2.39 bits per heavy atom. The molecule has 2 bridgehead atoms. The van der Waals surface area contributed by atoms with Crippen LogP contribution in [0.15, 0.2) is 30.3 Å². The number of benzene rings is 1. The first kappa shape index (κ1) is 14.8. The fraction of sp³-hybridized carbons (Fsp3) is 0.500. The van der Waals surface area contributed by atoms with E-state index in [0.29, 0.717) is 16.9 Å². The average Bonchev–Trinajstić information content (AvgIpc) is 3.03. The maximum atomic E-state index is 13.9. The molecule has 5 heteroatoms. The molecule has 0 aliphatic heterocycles. The Hall–Kier alpha value is -1.78. The molecule has 4 rings (SSSR count). The summed E-state index contributed by atoms with van der Waals surface area (Å²) < 4.78 is 42.7. The highest BCUT2D eigenvalue weighted by molar-refractivity contribution is 5.51. The molecule has 2 aliphatic carbocycles. The monoisotopic (exact) mass is 320 g/mol. The van der Waals surface area contributed by atoms with Gasteiger partial charge in [0, 0.05) is 11.0 Å². The van der Waals surface area contributed by atoms with E-state index in [0.717, 1.165) is 17.5 Å². The fourth-order valence-electron chi connectivity index (χ4n) is 4.63. The second-order valence-electron chi connectivity index (χ2n) is 7.50. The van der Waals surface area contributed by atoms with Crippen molar-refractivity contribution >= 4 is 0 Å². The number of nitrogens with zero attached hydrogens (tertiary/aromatic N) is 2. The van der Waals surface area contributed by atoms with Crippen LogP contribution >= 0.6 is 0 Å². The van der Waals surface area contributed by atoms with Crippen LogP contribution in [0.2, 0.25) is 0 Å². The average molecular weight is 320 g/mol. The Balaban J connectivity index is 2.03. The van der Waals surface area contributed by atoms with Crippen molar-refractivity contribution < 1.29 is 13.2 Å². The van der Waals surface area contributed by atoms with Gasteiger partial charge in [-0.3, -0.25) is 0 Å². The van der Waals surface area contributed by atoms with Crippen LogP contribution in [0.5, 0.6) is 0 Å². The first-order valence-electron chi connectivity index (χ1n) is 7.94. The Kier molecular flexibility index (Phi) is 2.69. The summed E-state index contributed by atoms with van der Waals surface area (Å²) in [6.07, 6.45) is -2.70. The SMILES string of the molecule is CC1(C)[C@@H]2CC[C@]1(C)c1nn(-c3ccccc3)c(C(F)(F)F)c12. The normalized spacial score (nSPS) is 28.2. The first-order chi connectivity index (χ1) is 10.7. The van der Waals surface area contributed by atoms with Crippen LogP contribution in [0, 0.1) is 5.41 Å². The van der Waals surface area contributed by atoms with Crippen molar-refractivity contribution in [3.05, 3.63) is 47.3 Å². The van der Waals surface area contributed by atoms with E-state index >= 15 is 0 Å². The van der Waals surface area contributed by atoms with Gasteiger partial charge in [0.15, 0.2) is 5.69 Å². The number of para-hydroxylation sites is 1. The Labute approximate surface area is 133 Å². The summed E-state index contributed by atoms with van der Waals surface area (Å²) in [4.78, 5) is 0. The lowest BCUT2D eigenvalue weighted by Crippen LogP contribution is -2.32. The molecule has 23 heavy (non-hydrogen) atoms. The molecule has 2 aromatic rings. The quantitative estimate of drug-likeness (QED) is 0.717. The van der Waals surface area contributed by atoms with Gasteiger partial charge in [0.1, 0.15) is 0 Å². The van der Waals surface area contributed by atoms with E-state index in [1.54, 1.807) is 30.3 Å². The van der Waals surface area contributed by atoms with Crippen molar-refractivity contribution in [2.75, 3.05) is 0 Å². The van der Waals surface area contributed by atoms with Crippen LogP contribution < -0.4 is 0 Å². The van der Waals surface area contributed by atoms with Gasteiger partial charge in [-0.15, -0.1) is 0 Å². The van der Waals surface area contributed by atoms with Crippen molar-refractivity contribution in [3.8, 4) is 5.69 Å². The molecular weight excluding hydrogens is 301 g/mol. The number of fused-ring (bicyclic) bond motifs is 5. The highest BCUT2D eigenvalue weighted by Gasteiger charge is 2.64. The van der Waals surface area contributed by atoms with Crippen LogP contribution in [-0.4, -0.2) is 9.78 Å². The Bertz CT molecular complexity index is 774. The van der Waals surface area contributed by atoms with Crippen molar-refractivity contribution in [2.45, 2.75) is 51.1 Å². The minimum absolute atomic E-state index is 0.0726. The third-order valence-corrected chi connectivity index (χ3v) is 6.29. The van der Waals surface area contributed by atoms with Crippen LogP contribution in [0.3, 0.4) is 0 Å². The molecule has 1 saturated carbocycles. The molecular formula is C18H19F3N2. The zero-order valence-electron chi connectivity index (χ0n) is 13.4. The summed E-state index contributed by atoms with van der Waals surface area (Å²) >= 11 is 0. The van der Waals surface area contributed by atoms with Crippen molar-refractivity contribution in [1.29, 1.82) is 0 Å². The standard InChI is InChI=1S/C18H19F3N2/c1-16(2)12-9-10-17(16,3)14-13(12)15(18(19,20)21)23(22-14)11-7-5-4-6-8-11/h4-8,12H,9-10H2,1-3H3/t12-,17-/m1/s1. The Morgan fingerprint density at radius 2 is 1.78 bits per heavy atom. The molecule has 2 aliphatic rings. The number of halogens is 3. The zero-order chi connectivity index (χ0) is 16.6. The third kappa shape index (κ3) is 1.68. The molecule has 2 atom stereocenters. The number of hydrogen-bond acceptors (Lipinski definition) is 1. The van der Waals surface area contributed by atoms with Crippen molar-refractivity contribution in [1.82, 2.24) is 9.78 Å². The molecule has 0 radical (unpaired) electrons. The molecule has 1 aromatic heterocycles. The van der Waals surface area contributed by atoms with Gasteiger partial charge < -0.3 is 0 Å². The molecule has 1 aromatic carbocycles. The molecule has 122 valence electrons. The number of alkyl halides is 3. The third-order valence-electron chi connectivity index (χ3n) is 6.29. The molecule has 0 saturated heterocycles. The number of aromatic nitrogens is 2. The van der Waals surface area contributed by atoms with Gasteiger partial charge in [-0.05, 0) is 36.3 Å². The fourth-order valence-corrected chi connectivity index (χ4v) is 4.63. The van der Waals surface area contributed by atoms with Crippen LogP contribution in [0.4, 0.5) is 13.2 Å². The Morgan fingerprint density at radius 1 is 1.13 bits per heavy atom. The predicted molar refractivity (Wildman–Crippen MR) is 81.7 cm³/mol. The number of rotatable bonds is 1. The van der Waals surface area contributed by atoms with Gasteiger partial charge in [0.25, 0.3) is 0 Å². The highest BCUT2D eigenvalue weighted by Crippen LogP contribution is 2.68. The minimum atomic E-state index is -4.41. The summed E-state index contributed by atoms with van der Waals surface area (Å²) in [7, 11) is 0. The number of hydrogen-bond donors (Lipinski definition) is 0. The minimum Gasteiger partial charge on any atom is -0.228 e. The molecule has 2 nitrogen and oxygen atoms in total. The second-order valence-corrected chi connectivity index (χ2v) is 7.50. The van der Waals surface area contributed by atoms with Crippen LogP contribution in [-0.2, 0) is 11.6 Å². The van der Waals surface area contributed by atoms with Crippen molar-refractivity contribution in [3.63, 3.8) is 0 Å². The molecule has 1 fully saturated rings. The topological polar surface area (TPSA) is 17.8 Å².